The summed E-state index contributed by atoms with van der Waals surface area (Å²) in [5.41, 5.74) is 11.3. The lowest BCUT2D eigenvalue weighted by Crippen LogP contribution is -2.07. The zero-order valence-corrected chi connectivity index (χ0v) is 11.7. The Morgan fingerprint density at radius 2 is 2.00 bits per heavy atom. The van der Waals surface area contributed by atoms with Crippen LogP contribution >= 0.6 is 0 Å². The molecule has 0 radical (unpaired) electrons. The standard InChI is InChI=1S/C16H20N2O/c1-11-7-12(2)13(3)16(8-11)19-10-14-5-4-6-18-15(14)9-17/h4-8H,9-10,17H2,1-3H3. The lowest BCUT2D eigenvalue weighted by molar-refractivity contribution is 0.302. The molecule has 0 aliphatic rings. The van der Waals surface area contributed by atoms with E-state index in [-0.39, 0.29) is 0 Å². The fourth-order valence-electron chi connectivity index (χ4n) is 2.09. The molecule has 19 heavy (non-hydrogen) atoms. The van der Waals surface area contributed by atoms with E-state index in [9.17, 15) is 0 Å². The molecule has 0 aliphatic carbocycles. The largest absolute Gasteiger partial charge is 0.489 e. The fourth-order valence-corrected chi connectivity index (χ4v) is 2.09. The van der Waals surface area contributed by atoms with Crippen LogP contribution in [0.3, 0.4) is 0 Å². The first kappa shape index (κ1) is 13.6. The van der Waals surface area contributed by atoms with Crippen molar-refractivity contribution in [1.82, 2.24) is 4.98 Å². The van der Waals surface area contributed by atoms with E-state index in [0.717, 1.165) is 17.0 Å². The van der Waals surface area contributed by atoms with Crippen LogP contribution in [0.1, 0.15) is 27.9 Å². The van der Waals surface area contributed by atoms with Gasteiger partial charge in [-0.05, 0) is 49.6 Å². The predicted octanol–water partition coefficient (Wildman–Crippen LogP) is 3.04. The Morgan fingerprint density at radius 3 is 2.74 bits per heavy atom. The van der Waals surface area contributed by atoms with Gasteiger partial charge in [-0.1, -0.05) is 12.1 Å². The van der Waals surface area contributed by atoms with E-state index >= 15 is 0 Å². The van der Waals surface area contributed by atoms with Gasteiger partial charge in [0.05, 0.1) is 5.69 Å². The zero-order chi connectivity index (χ0) is 13.8. The number of hydrogen-bond acceptors (Lipinski definition) is 3. The molecule has 0 fully saturated rings. The number of aryl methyl sites for hydroxylation is 2. The Labute approximate surface area is 114 Å². The van der Waals surface area contributed by atoms with Gasteiger partial charge in [-0.2, -0.15) is 0 Å². The summed E-state index contributed by atoms with van der Waals surface area (Å²) in [7, 11) is 0. The first-order valence-corrected chi connectivity index (χ1v) is 6.45. The van der Waals surface area contributed by atoms with E-state index in [1.807, 2.05) is 12.1 Å². The highest BCUT2D eigenvalue weighted by Crippen LogP contribution is 2.24. The molecule has 2 rings (SSSR count). The van der Waals surface area contributed by atoms with E-state index in [1.54, 1.807) is 6.20 Å². The first-order chi connectivity index (χ1) is 9.11. The molecular weight excluding hydrogens is 236 g/mol. The Balaban J connectivity index is 2.19. The van der Waals surface area contributed by atoms with Gasteiger partial charge in [0.1, 0.15) is 12.4 Å². The molecule has 2 N–H and O–H groups in total. The van der Waals surface area contributed by atoms with Crippen LogP contribution < -0.4 is 10.5 Å². The maximum atomic E-state index is 5.93. The summed E-state index contributed by atoms with van der Waals surface area (Å²) < 4.78 is 5.93. The Kier molecular flexibility index (Phi) is 4.17. The van der Waals surface area contributed by atoms with Crippen LogP contribution in [0.25, 0.3) is 0 Å². The summed E-state index contributed by atoms with van der Waals surface area (Å²) in [6.07, 6.45) is 1.76. The van der Waals surface area contributed by atoms with Gasteiger partial charge in [0.25, 0.3) is 0 Å². The van der Waals surface area contributed by atoms with Crippen molar-refractivity contribution < 1.29 is 4.74 Å². The van der Waals surface area contributed by atoms with E-state index in [2.05, 4.69) is 37.9 Å². The molecule has 100 valence electrons. The van der Waals surface area contributed by atoms with Crippen molar-refractivity contribution >= 4 is 0 Å². The second kappa shape index (κ2) is 5.85. The number of ether oxygens (including phenoxy) is 1. The molecule has 3 nitrogen and oxygen atoms in total. The lowest BCUT2D eigenvalue weighted by atomic mass is 10.1. The van der Waals surface area contributed by atoms with Crippen molar-refractivity contribution in [3.8, 4) is 5.75 Å². The molecule has 0 saturated heterocycles. The number of rotatable bonds is 4. The minimum Gasteiger partial charge on any atom is -0.489 e. The van der Waals surface area contributed by atoms with Gasteiger partial charge in [0.15, 0.2) is 0 Å². The van der Waals surface area contributed by atoms with Gasteiger partial charge < -0.3 is 10.5 Å². The second-order valence-electron chi connectivity index (χ2n) is 4.81. The smallest absolute Gasteiger partial charge is 0.123 e. The van der Waals surface area contributed by atoms with E-state index in [0.29, 0.717) is 13.2 Å². The highest BCUT2D eigenvalue weighted by Gasteiger charge is 2.06. The van der Waals surface area contributed by atoms with Crippen molar-refractivity contribution in [3.63, 3.8) is 0 Å². The predicted molar refractivity (Wildman–Crippen MR) is 77.1 cm³/mol. The number of hydrogen-bond donors (Lipinski definition) is 1. The normalized spacial score (nSPS) is 10.5. The lowest BCUT2D eigenvalue weighted by Gasteiger charge is -2.13. The van der Waals surface area contributed by atoms with Gasteiger partial charge in [-0.15, -0.1) is 0 Å². The van der Waals surface area contributed by atoms with E-state index in [4.69, 9.17) is 10.5 Å². The molecule has 0 amide bonds. The van der Waals surface area contributed by atoms with Crippen LogP contribution in [0, 0.1) is 20.8 Å². The monoisotopic (exact) mass is 256 g/mol. The van der Waals surface area contributed by atoms with Crippen molar-refractivity contribution in [1.29, 1.82) is 0 Å². The third-order valence-corrected chi connectivity index (χ3v) is 3.33. The highest BCUT2D eigenvalue weighted by molar-refractivity contribution is 5.42. The first-order valence-electron chi connectivity index (χ1n) is 6.45. The summed E-state index contributed by atoms with van der Waals surface area (Å²) in [5.74, 6) is 0.935. The number of benzene rings is 1. The van der Waals surface area contributed by atoms with Crippen LogP contribution in [-0.4, -0.2) is 4.98 Å². The molecule has 0 aliphatic heterocycles. The Bertz CT molecular complexity index is 579. The molecule has 0 spiro atoms. The highest BCUT2D eigenvalue weighted by atomic mass is 16.5. The molecule has 0 unspecified atom stereocenters. The van der Waals surface area contributed by atoms with Crippen LogP contribution in [0.15, 0.2) is 30.5 Å². The van der Waals surface area contributed by atoms with Gasteiger partial charge in [0, 0.05) is 18.3 Å². The average molecular weight is 256 g/mol. The molecule has 1 aromatic carbocycles. The minimum atomic E-state index is 0.436. The van der Waals surface area contributed by atoms with Crippen LogP contribution in [0.4, 0.5) is 0 Å². The van der Waals surface area contributed by atoms with Crippen molar-refractivity contribution in [3.05, 3.63) is 58.4 Å². The van der Waals surface area contributed by atoms with Gasteiger partial charge in [-0.25, -0.2) is 0 Å². The minimum absolute atomic E-state index is 0.436. The molecule has 0 atom stereocenters. The van der Waals surface area contributed by atoms with Gasteiger partial charge in [-0.3, -0.25) is 4.98 Å². The van der Waals surface area contributed by atoms with Crippen LogP contribution in [0.2, 0.25) is 0 Å². The maximum Gasteiger partial charge on any atom is 0.123 e. The topological polar surface area (TPSA) is 48.1 Å². The summed E-state index contributed by atoms with van der Waals surface area (Å²) in [6.45, 7) is 7.20. The molecule has 0 bridgehead atoms. The molecule has 2 aromatic rings. The quantitative estimate of drug-likeness (QED) is 0.914. The van der Waals surface area contributed by atoms with Crippen molar-refractivity contribution in [2.75, 3.05) is 0 Å². The van der Waals surface area contributed by atoms with E-state index in [1.165, 1.54) is 16.7 Å². The average Bonchev–Trinajstić information content (AvgIpc) is 2.41. The Hall–Kier alpha value is -1.87. The SMILES string of the molecule is Cc1cc(C)c(C)c(OCc2cccnc2CN)c1. The molecule has 1 aromatic heterocycles. The summed E-state index contributed by atoms with van der Waals surface area (Å²) in [6, 6.07) is 8.15. The number of nitrogens with two attached hydrogens (primary N) is 1. The summed E-state index contributed by atoms with van der Waals surface area (Å²) in [5, 5.41) is 0. The van der Waals surface area contributed by atoms with Gasteiger partial charge >= 0.3 is 0 Å². The maximum absolute atomic E-state index is 5.93. The number of pyridine rings is 1. The fraction of sp³-hybridized carbons (Fsp3) is 0.312. The molecule has 1 heterocycles. The Morgan fingerprint density at radius 1 is 1.21 bits per heavy atom. The second-order valence-corrected chi connectivity index (χ2v) is 4.81. The number of aromatic nitrogens is 1. The van der Waals surface area contributed by atoms with Gasteiger partial charge in [0.2, 0.25) is 0 Å². The third kappa shape index (κ3) is 3.12. The van der Waals surface area contributed by atoms with Crippen molar-refractivity contribution in [2.45, 2.75) is 33.9 Å². The zero-order valence-electron chi connectivity index (χ0n) is 11.7. The van der Waals surface area contributed by atoms with Crippen molar-refractivity contribution in [2.24, 2.45) is 5.73 Å². The summed E-state index contributed by atoms with van der Waals surface area (Å²) in [4.78, 5) is 4.26. The van der Waals surface area contributed by atoms with Crippen LogP contribution in [-0.2, 0) is 13.2 Å². The molecule has 0 saturated carbocycles. The summed E-state index contributed by atoms with van der Waals surface area (Å²) >= 11 is 0. The molecule has 3 heteroatoms. The van der Waals surface area contributed by atoms with Crippen LogP contribution in [0.5, 0.6) is 5.75 Å². The van der Waals surface area contributed by atoms with E-state index < -0.39 is 0 Å². The number of nitrogens with zero attached hydrogens (tertiary/aromatic N) is 1. The third-order valence-electron chi connectivity index (χ3n) is 3.33. The molecular formula is C16H20N2O.